The van der Waals surface area contributed by atoms with Gasteiger partial charge in [0.2, 0.25) is 0 Å². The first-order valence-corrected chi connectivity index (χ1v) is 19.0. The molecule has 0 radical (unpaired) electrons. The van der Waals surface area contributed by atoms with E-state index in [4.69, 9.17) is 4.98 Å². The first kappa shape index (κ1) is 30.2. The Morgan fingerprint density at radius 3 is 1.55 bits per heavy atom. The monoisotopic (exact) mass is 696 g/mol. The Bertz CT molecular complexity index is 3190. The van der Waals surface area contributed by atoms with Crippen molar-refractivity contribution in [2.24, 2.45) is 0 Å². The van der Waals surface area contributed by atoms with E-state index in [0.717, 1.165) is 27.8 Å². The van der Waals surface area contributed by atoms with E-state index in [0.29, 0.717) is 0 Å². The molecule has 0 saturated carbocycles. The predicted octanol–water partition coefficient (Wildman–Crippen LogP) is 14.3. The number of para-hydroxylation sites is 1. The van der Waals surface area contributed by atoms with E-state index in [1.165, 1.54) is 88.0 Å². The second kappa shape index (κ2) is 11.6. The molecule has 9 aromatic carbocycles. The number of pyridine rings is 1. The minimum atomic E-state index is 0.966. The highest BCUT2D eigenvalue weighted by atomic mass is 15.0. The summed E-state index contributed by atoms with van der Waals surface area (Å²) in [5, 5.41) is 8.75. The van der Waals surface area contributed by atoms with Crippen molar-refractivity contribution in [3.63, 3.8) is 0 Å². The minimum Gasteiger partial charge on any atom is -0.298 e. The third kappa shape index (κ3) is 4.34. The van der Waals surface area contributed by atoms with Gasteiger partial charge in [0.25, 0.3) is 0 Å². The smallest absolute Gasteiger partial charge is 0.145 e. The molecule has 0 fully saturated rings. The number of nitrogens with zero attached hydrogens (tertiary/aromatic N) is 2. The van der Waals surface area contributed by atoms with Gasteiger partial charge < -0.3 is 0 Å². The molecule has 0 N–H and O–H groups in total. The zero-order valence-electron chi connectivity index (χ0n) is 29.9. The van der Waals surface area contributed by atoms with Crippen molar-refractivity contribution in [2.75, 3.05) is 0 Å². The number of hydrogen-bond donors (Lipinski definition) is 0. The summed E-state index contributed by atoms with van der Waals surface area (Å²) in [6, 6.07) is 68.6. The summed E-state index contributed by atoms with van der Waals surface area (Å²) in [5.41, 5.74) is 16.9. The molecular formula is C53H32N2. The molecule has 11 aromatic rings. The van der Waals surface area contributed by atoms with Crippen LogP contribution in [0.1, 0.15) is 0 Å². The van der Waals surface area contributed by atoms with Crippen molar-refractivity contribution in [3.8, 4) is 66.9 Å². The fourth-order valence-electron chi connectivity index (χ4n) is 9.43. The molecule has 55 heavy (non-hydrogen) atoms. The van der Waals surface area contributed by atoms with Gasteiger partial charge >= 0.3 is 0 Å². The average molecular weight is 697 g/mol. The molecule has 254 valence electrons. The van der Waals surface area contributed by atoms with Gasteiger partial charge in [0.05, 0.1) is 11.2 Å². The van der Waals surface area contributed by atoms with Crippen LogP contribution < -0.4 is 0 Å². The van der Waals surface area contributed by atoms with E-state index < -0.39 is 0 Å². The summed E-state index contributed by atoms with van der Waals surface area (Å²) < 4.78 is 2.26. The van der Waals surface area contributed by atoms with E-state index in [1.807, 2.05) is 0 Å². The third-order valence-electron chi connectivity index (χ3n) is 11.7. The molecule has 0 unspecified atom stereocenters. The maximum atomic E-state index is 5.29. The van der Waals surface area contributed by atoms with Crippen molar-refractivity contribution in [1.82, 2.24) is 9.38 Å². The lowest BCUT2D eigenvalue weighted by Crippen LogP contribution is -1.93. The minimum absolute atomic E-state index is 0.966. The Hall–Kier alpha value is -7.29. The average Bonchev–Trinajstić information content (AvgIpc) is 3.86. The standard InChI is InChI=1S/C53H32N2/c1-3-15-33(16-4-1)48-41-23-8-9-24-42(41)49(34-17-5-2-6-18-34)52-45-30-29-37(40-26-14-27-44(50(40)45)51(48)52)35-19-13-20-36(31-35)46-32-55-47-28-12-11-22-39(47)38-21-7-10-25-43(38)53(55)54-46/h1-32H. The van der Waals surface area contributed by atoms with Crippen molar-refractivity contribution >= 4 is 48.9 Å². The van der Waals surface area contributed by atoms with Crippen LogP contribution in [0, 0.1) is 0 Å². The normalized spacial score (nSPS) is 12.0. The van der Waals surface area contributed by atoms with Gasteiger partial charge in [0.15, 0.2) is 0 Å². The highest BCUT2D eigenvalue weighted by Gasteiger charge is 2.31. The van der Waals surface area contributed by atoms with Gasteiger partial charge in [-0.05, 0) is 94.7 Å². The van der Waals surface area contributed by atoms with Gasteiger partial charge in [0, 0.05) is 22.5 Å². The number of fused-ring (bicyclic) bond motifs is 10. The van der Waals surface area contributed by atoms with Gasteiger partial charge in [-0.15, -0.1) is 0 Å². The number of benzene rings is 9. The van der Waals surface area contributed by atoms with Crippen LogP contribution in [0.2, 0.25) is 0 Å². The first-order chi connectivity index (χ1) is 27.3. The van der Waals surface area contributed by atoms with Gasteiger partial charge in [0.1, 0.15) is 5.65 Å². The van der Waals surface area contributed by atoms with E-state index >= 15 is 0 Å². The lowest BCUT2D eigenvalue weighted by molar-refractivity contribution is 1.27. The van der Waals surface area contributed by atoms with Gasteiger partial charge in [-0.1, -0.05) is 176 Å². The summed E-state index contributed by atoms with van der Waals surface area (Å²) in [4.78, 5) is 5.29. The van der Waals surface area contributed by atoms with E-state index in [2.05, 4.69) is 199 Å². The fraction of sp³-hybridized carbons (Fsp3) is 0. The molecule has 2 aromatic heterocycles. The van der Waals surface area contributed by atoms with Gasteiger partial charge in [-0.2, -0.15) is 0 Å². The van der Waals surface area contributed by atoms with Crippen molar-refractivity contribution in [1.29, 1.82) is 0 Å². The zero-order chi connectivity index (χ0) is 36.0. The van der Waals surface area contributed by atoms with Gasteiger partial charge in [-0.3, -0.25) is 4.40 Å². The summed E-state index contributed by atoms with van der Waals surface area (Å²) >= 11 is 0. The lowest BCUT2D eigenvalue weighted by Gasteiger charge is -2.20. The Kier molecular flexibility index (Phi) is 6.37. The van der Waals surface area contributed by atoms with Crippen LogP contribution in [0.5, 0.6) is 0 Å². The maximum Gasteiger partial charge on any atom is 0.145 e. The van der Waals surface area contributed by atoms with Crippen molar-refractivity contribution in [2.45, 2.75) is 0 Å². The summed E-state index contributed by atoms with van der Waals surface area (Å²) in [6.45, 7) is 0. The summed E-state index contributed by atoms with van der Waals surface area (Å²) in [5.74, 6) is 0. The van der Waals surface area contributed by atoms with Crippen LogP contribution in [0.4, 0.5) is 0 Å². The number of imidazole rings is 1. The Morgan fingerprint density at radius 1 is 0.327 bits per heavy atom. The lowest BCUT2D eigenvalue weighted by atomic mass is 9.82. The fourth-order valence-corrected chi connectivity index (χ4v) is 9.43. The second-order valence-electron chi connectivity index (χ2n) is 14.6. The van der Waals surface area contributed by atoms with E-state index in [9.17, 15) is 0 Å². The highest BCUT2D eigenvalue weighted by molar-refractivity contribution is 6.28. The molecule has 0 amide bonds. The predicted molar refractivity (Wildman–Crippen MR) is 231 cm³/mol. The summed E-state index contributed by atoms with van der Waals surface area (Å²) in [7, 11) is 0. The van der Waals surface area contributed by atoms with Crippen LogP contribution in [0.3, 0.4) is 0 Å². The molecule has 2 nitrogen and oxygen atoms in total. The van der Waals surface area contributed by atoms with Crippen molar-refractivity contribution in [3.05, 3.63) is 194 Å². The Balaban J connectivity index is 1.10. The highest BCUT2D eigenvalue weighted by Crippen LogP contribution is 2.58. The molecule has 0 spiro atoms. The molecule has 2 heteroatoms. The Labute approximate surface area is 318 Å². The van der Waals surface area contributed by atoms with Crippen LogP contribution in [-0.4, -0.2) is 9.38 Å². The maximum absolute atomic E-state index is 5.29. The van der Waals surface area contributed by atoms with Crippen molar-refractivity contribution < 1.29 is 0 Å². The molecule has 1 aliphatic rings. The van der Waals surface area contributed by atoms with Crippen LogP contribution in [0.15, 0.2) is 194 Å². The van der Waals surface area contributed by atoms with Gasteiger partial charge in [-0.25, -0.2) is 4.98 Å². The SMILES string of the molecule is c1ccc(-c2c3c(c(-c4ccccc4)c4ccccc24)-c2ccc(-c4cccc(-c5cn6c7ccccc7c7ccccc7c6n5)c4)c4cccc-3c24)cc1. The molecule has 0 saturated heterocycles. The molecule has 0 atom stereocenters. The van der Waals surface area contributed by atoms with E-state index in [-0.39, 0.29) is 0 Å². The zero-order valence-corrected chi connectivity index (χ0v) is 29.9. The molecule has 0 aliphatic heterocycles. The number of rotatable bonds is 4. The second-order valence-corrected chi connectivity index (χ2v) is 14.6. The molecule has 12 rings (SSSR count). The number of hydrogen-bond acceptors (Lipinski definition) is 1. The molecule has 2 heterocycles. The largest absolute Gasteiger partial charge is 0.298 e. The Morgan fingerprint density at radius 2 is 0.836 bits per heavy atom. The quantitative estimate of drug-likeness (QED) is 0.167. The number of aromatic nitrogens is 2. The van der Waals surface area contributed by atoms with Crippen LogP contribution in [-0.2, 0) is 0 Å². The summed E-state index contributed by atoms with van der Waals surface area (Å²) in [6.07, 6.45) is 2.20. The van der Waals surface area contributed by atoms with E-state index in [1.54, 1.807) is 0 Å². The van der Waals surface area contributed by atoms with Crippen LogP contribution >= 0.6 is 0 Å². The first-order valence-electron chi connectivity index (χ1n) is 19.0. The molecule has 1 aliphatic carbocycles. The van der Waals surface area contributed by atoms with Crippen LogP contribution in [0.25, 0.3) is 116 Å². The topological polar surface area (TPSA) is 17.3 Å². The molecular weight excluding hydrogens is 665 g/mol. The third-order valence-corrected chi connectivity index (χ3v) is 11.7. The molecule has 0 bridgehead atoms.